The van der Waals surface area contributed by atoms with E-state index in [2.05, 4.69) is 15.0 Å². The summed E-state index contributed by atoms with van der Waals surface area (Å²) in [6.07, 6.45) is 2.74. The van der Waals surface area contributed by atoms with Crippen LogP contribution in [0.5, 0.6) is 0 Å². The fourth-order valence-corrected chi connectivity index (χ4v) is 4.61. The van der Waals surface area contributed by atoms with E-state index in [1.165, 1.54) is 11.3 Å². The number of aromatic nitrogens is 1. The number of pyridine rings is 1. The van der Waals surface area contributed by atoms with E-state index in [4.69, 9.17) is 0 Å². The third-order valence-electron chi connectivity index (χ3n) is 3.99. The van der Waals surface area contributed by atoms with Crippen LogP contribution in [0.3, 0.4) is 0 Å². The molecule has 0 unspecified atom stereocenters. The molecule has 146 valence electrons. The lowest BCUT2D eigenvalue weighted by molar-refractivity contribution is 0.174. The summed E-state index contributed by atoms with van der Waals surface area (Å²) in [5.74, 6) is 0. The van der Waals surface area contributed by atoms with E-state index >= 15 is 0 Å². The van der Waals surface area contributed by atoms with Gasteiger partial charge in [0.05, 0.1) is 11.0 Å². The largest absolute Gasteiger partial charge is 0.387 e. The van der Waals surface area contributed by atoms with Crippen LogP contribution in [0.15, 0.2) is 58.4 Å². The minimum absolute atomic E-state index is 0. The molecule has 2 aromatic heterocycles. The fourth-order valence-electron chi connectivity index (χ4n) is 2.62. The topological polar surface area (TPSA) is 91.3 Å². The molecule has 2 heterocycles. The highest BCUT2D eigenvalue weighted by Gasteiger charge is 2.18. The molecular formula is C18H22ClN3O3S2. The number of halogens is 1. The van der Waals surface area contributed by atoms with Crippen molar-refractivity contribution in [1.82, 2.24) is 15.0 Å². The van der Waals surface area contributed by atoms with Crippen LogP contribution >= 0.6 is 23.7 Å². The maximum atomic E-state index is 12.6. The van der Waals surface area contributed by atoms with Crippen LogP contribution < -0.4 is 10.0 Å². The lowest BCUT2D eigenvalue weighted by Gasteiger charge is -2.17. The monoisotopic (exact) mass is 427 g/mol. The second-order valence-corrected chi connectivity index (χ2v) is 8.63. The van der Waals surface area contributed by atoms with Crippen LogP contribution in [0.25, 0.3) is 10.8 Å². The summed E-state index contributed by atoms with van der Waals surface area (Å²) in [4.78, 5) is 4.25. The Morgan fingerprint density at radius 1 is 1.19 bits per heavy atom. The SMILES string of the molecule is C[C@H](CNC[C@@H](O)c1ccsc1)NS(=O)(=O)c1ccc2cnccc2c1.Cl. The van der Waals surface area contributed by atoms with Crippen molar-refractivity contribution in [2.45, 2.75) is 24.0 Å². The molecule has 3 N–H and O–H groups in total. The van der Waals surface area contributed by atoms with Crippen LogP contribution in [0.2, 0.25) is 0 Å². The van der Waals surface area contributed by atoms with Crippen molar-refractivity contribution in [3.05, 3.63) is 59.0 Å². The van der Waals surface area contributed by atoms with Gasteiger partial charge in [-0.15, -0.1) is 12.4 Å². The quantitative estimate of drug-likeness (QED) is 0.514. The van der Waals surface area contributed by atoms with Crippen molar-refractivity contribution >= 4 is 44.5 Å². The normalized spacial score (nSPS) is 13.9. The molecule has 27 heavy (non-hydrogen) atoms. The number of benzene rings is 1. The predicted octanol–water partition coefficient (Wildman–Crippen LogP) is 2.71. The first-order valence-corrected chi connectivity index (χ1v) is 10.7. The molecule has 0 spiro atoms. The predicted molar refractivity (Wildman–Crippen MR) is 111 cm³/mol. The zero-order valence-electron chi connectivity index (χ0n) is 14.7. The number of hydrogen-bond acceptors (Lipinski definition) is 6. The molecule has 0 fully saturated rings. The van der Waals surface area contributed by atoms with E-state index in [0.29, 0.717) is 13.1 Å². The lowest BCUT2D eigenvalue weighted by atomic mass is 10.2. The highest BCUT2D eigenvalue weighted by Crippen LogP contribution is 2.18. The Balaban J connectivity index is 0.00000261. The van der Waals surface area contributed by atoms with Crippen LogP contribution in [-0.4, -0.2) is 37.6 Å². The van der Waals surface area contributed by atoms with Crippen molar-refractivity contribution in [3.63, 3.8) is 0 Å². The first-order chi connectivity index (χ1) is 12.5. The molecule has 3 aromatic rings. The van der Waals surface area contributed by atoms with Gasteiger partial charge >= 0.3 is 0 Å². The average Bonchev–Trinajstić information content (AvgIpc) is 3.15. The van der Waals surface area contributed by atoms with Gasteiger partial charge in [-0.2, -0.15) is 11.3 Å². The molecule has 0 saturated heterocycles. The first kappa shape index (κ1) is 21.7. The molecule has 0 bridgehead atoms. The van der Waals surface area contributed by atoms with Crippen molar-refractivity contribution in [2.75, 3.05) is 13.1 Å². The molecule has 0 aliphatic heterocycles. The summed E-state index contributed by atoms with van der Waals surface area (Å²) in [5.41, 5.74) is 0.862. The van der Waals surface area contributed by atoms with E-state index in [1.54, 1.807) is 43.6 Å². The van der Waals surface area contributed by atoms with Gasteiger partial charge in [0.1, 0.15) is 0 Å². The van der Waals surface area contributed by atoms with E-state index in [9.17, 15) is 13.5 Å². The minimum atomic E-state index is -3.62. The molecule has 9 heteroatoms. The zero-order chi connectivity index (χ0) is 18.6. The second kappa shape index (κ2) is 9.59. The van der Waals surface area contributed by atoms with Gasteiger partial charge in [0.15, 0.2) is 0 Å². The number of nitrogens with zero attached hydrogens (tertiary/aromatic N) is 1. The van der Waals surface area contributed by atoms with E-state index < -0.39 is 16.1 Å². The molecule has 2 atom stereocenters. The average molecular weight is 428 g/mol. The number of sulfonamides is 1. The summed E-state index contributed by atoms with van der Waals surface area (Å²) in [6.45, 7) is 2.57. The number of hydrogen-bond donors (Lipinski definition) is 3. The Morgan fingerprint density at radius 3 is 2.74 bits per heavy atom. The van der Waals surface area contributed by atoms with Gasteiger partial charge in [0, 0.05) is 36.9 Å². The highest BCUT2D eigenvalue weighted by atomic mass is 35.5. The number of nitrogens with one attached hydrogen (secondary N) is 2. The molecular weight excluding hydrogens is 406 g/mol. The maximum Gasteiger partial charge on any atom is 0.240 e. The Bertz CT molecular complexity index is 965. The van der Waals surface area contributed by atoms with Crippen molar-refractivity contribution in [2.24, 2.45) is 0 Å². The first-order valence-electron chi connectivity index (χ1n) is 8.23. The Kier molecular flexibility index (Phi) is 7.72. The molecule has 0 saturated carbocycles. The van der Waals surface area contributed by atoms with Crippen LogP contribution in [-0.2, 0) is 10.0 Å². The van der Waals surface area contributed by atoms with Gasteiger partial charge in [-0.3, -0.25) is 4.98 Å². The number of fused-ring (bicyclic) bond motifs is 1. The van der Waals surface area contributed by atoms with Gasteiger partial charge in [-0.25, -0.2) is 13.1 Å². The van der Waals surface area contributed by atoms with Crippen molar-refractivity contribution < 1.29 is 13.5 Å². The molecule has 3 rings (SSSR count). The smallest absolute Gasteiger partial charge is 0.240 e. The summed E-state index contributed by atoms with van der Waals surface area (Å²) in [6, 6.07) is 8.30. The maximum absolute atomic E-state index is 12.6. The summed E-state index contributed by atoms with van der Waals surface area (Å²) >= 11 is 1.53. The van der Waals surface area contributed by atoms with Crippen molar-refractivity contribution in [1.29, 1.82) is 0 Å². The molecule has 6 nitrogen and oxygen atoms in total. The summed E-state index contributed by atoms with van der Waals surface area (Å²) in [5, 5.41) is 18.7. The highest BCUT2D eigenvalue weighted by molar-refractivity contribution is 7.89. The van der Waals surface area contributed by atoms with E-state index in [0.717, 1.165) is 16.3 Å². The van der Waals surface area contributed by atoms with Gasteiger partial charge in [0.2, 0.25) is 10.0 Å². The van der Waals surface area contributed by atoms with Gasteiger partial charge in [-0.05, 0) is 52.9 Å². The summed E-state index contributed by atoms with van der Waals surface area (Å²) in [7, 11) is -3.62. The Labute approximate surface area is 169 Å². The van der Waals surface area contributed by atoms with Crippen molar-refractivity contribution in [3.8, 4) is 0 Å². The Hall–Kier alpha value is -1.55. The summed E-state index contributed by atoms with van der Waals surface area (Å²) < 4.78 is 27.8. The van der Waals surface area contributed by atoms with E-state index in [1.807, 2.05) is 16.8 Å². The molecule has 0 aliphatic rings. The molecule has 1 aromatic carbocycles. The third kappa shape index (κ3) is 5.71. The molecule has 0 radical (unpaired) electrons. The minimum Gasteiger partial charge on any atom is -0.387 e. The van der Waals surface area contributed by atoms with Crippen LogP contribution in [0.1, 0.15) is 18.6 Å². The number of aliphatic hydroxyl groups excluding tert-OH is 1. The third-order valence-corrected chi connectivity index (χ3v) is 6.28. The lowest BCUT2D eigenvalue weighted by Crippen LogP contribution is -2.40. The van der Waals surface area contributed by atoms with Gasteiger partial charge in [-0.1, -0.05) is 6.07 Å². The molecule has 0 amide bonds. The number of thiophene rings is 1. The second-order valence-electron chi connectivity index (χ2n) is 6.14. The molecule has 0 aliphatic carbocycles. The van der Waals surface area contributed by atoms with Crippen LogP contribution in [0.4, 0.5) is 0 Å². The van der Waals surface area contributed by atoms with Gasteiger partial charge < -0.3 is 10.4 Å². The van der Waals surface area contributed by atoms with E-state index in [-0.39, 0.29) is 23.3 Å². The standard InChI is InChI=1S/C18H21N3O3S2.ClH/c1-13(9-20-11-18(22)16-5-7-25-12-16)21-26(23,24)17-3-2-15-10-19-6-4-14(15)8-17;/h2-8,10,12-13,18,20-22H,9,11H2,1H3;1H/t13-,18-;/m1./s1. The zero-order valence-corrected chi connectivity index (χ0v) is 17.2. The van der Waals surface area contributed by atoms with Crippen LogP contribution in [0, 0.1) is 0 Å². The fraction of sp³-hybridized carbons (Fsp3) is 0.278. The number of rotatable bonds is 8. The Morgan fingerprint density at radius 2 is 2.00 bits per heavy atom. The van der Waals surface area contributed by atoms with Gasteiger partial charge in [0.25, 0.3) is 0 Å². The number of aliphatic hydroxyl groups is 1.